The molecule has 4 rings (SSSR count). The molecule has 2 aromatic rings. The molecule has 0 spiro atoms. The second-order valence-electron chi connectivity index (χ2n) is 7.43. The molecule has 2 aromatic heterocycles. The Morgan fingerprint density at radius 3 is 2.73 bits per heavy atom. The number of pyridine rings is 1. The number of aryl methyl sites for hydroxylation is 1. The lowest BCUT2D eigenvalue weighted by atomic mass is 10.1. The third-order valence-electron chi connectivity index (χ3n) is 5.38. The summed E-state index contributed by atoms with van der Waals surface area (Å²) in [4.78, 5) is 18.0. The summed E-state index contributed by atoms with van der Waals surface area (Å²) in [7, 11) is 0. The van der Waals surface area contributed by atoms with Crippen LogP contribution < -0.4 is 5.32 Å². The largest absolute Gasteiger partial charge is 0.478 e. The van der Waals surface area contributed by atoms with E-state index < -0.39 is 5.97 Å². The quantitative estimate of drug-likeness (QED) is 0.828. The standard InChI is InChI=1S/C19H25N5O2/c1-13-18(21-17-10-20-7-4-16(17)19(25)26)12-24(22-13)15-5-8-23(9-6-15)11-14-2-3-14/h4,7,10,12,14-15,21H,2-3,5-6,8-9,11H2,1H3,(H,25,26). The van der Waals surface area contributed by atoms with Gasteiger partial charge in [-0.25, -0.2) is 4.79 Å². The van der Waals surface area contributed by atoms with Gasteiger partial charge < -0.3 is 15.3 Å². The topological polar surface area (TPSA) is 83.3 Å². The molecule has 2 fully saturated rings. The van der Waals surface area contributed by atoms with Crippen molar-refractivity contribution in [2.45, 2.75) is 38.6 Å². The number of rotatable bonds is 6. The van der Waals surface area contributed by atoms with Gasteiger partial charge in [0, 0.05) is 32.0 Å². The van der Waals surface area contributed by atoms with E-state index in [2.05, 4.69) is 20.3 Å². The van der Waals surface area contributed by atoms with E-state index in [9.17, 15) is 9.90 Å². The van der Waals surface area contributed by atoms with Gasteiger partial charge in [0.15, 0.2) is 0 Å². The Morgan fingerprint density at radius 1 is 1.27 bits per heavy atom. The van der Waals surface area contributed by atoms with Crippen LogP contribution in [0.3, 0.4) is 0 Å². The lowest BCUT2D eigenvalue weighted by Crippen LogP contribution is -2.36. The molecule has 1 saturated heterocycles. The number of hydrogen-bond acceptors (Lipinski definition) is 5. The first-order valence-electron chi connectivity index (χ1n) is 9.32. The van der Waals surface area contributed by atoms with Crippen molar-refractivity contribution in [3.63, 3.8) is 0 Å². The molecule has 0 bridgehead atoms. The van der Waals surface area contributed by atoms with Crippen LogP contribution in [-0.2, 0) is 0 Å². The Labute approximate surface area is 153 Å². The second kappa shape index (κ2) is 7.07. The Bertz CT molecular complexity index is 791. The molecule has 7 nitrogen and oxygen atoms in total. The fourth-order valence-electron chi connectivity index (χ4n) is 3.65. The van der Waals surface area contributed by atoms with Crippen LogP contribution in [-0.4, -0.2) is 50.4 Å². The van der Waals surface area contributed by atoms with E-state index in [-0.39, 0.29) is 5.56 Å². The van der Waals surface area contributed by atoms with E-state index in [4.69, 9.17) is 0 Å². The summed E-state index contributed by atoms with van der Waals surface area (Å²) >= 11 is 0. The highest BCUT2D eigenvalue weighted by Gasteiger charge is 2.28. The molecule has 0 amide bonds. The number of nitrogens with one attached hydrogen (secondary N) is 1. The van der Waals surface area contributed by atoms with Gasteiger partial charge in [0.25, 0.3) is 0 Å². The Morgan fingerprint density at radius 2 is 2.04 bits per heavy atom. The molecule has 7 heteroatoms. The maximum atomic E-state index is 11.4. The zero-order valence-corrected chi connectivity index (χ0v) is 15.1. The lowest BCUT2D eigenvalue weighted by Gasteiger charge is -2.32. The molecule has 2 N–H and O–H groups in total. The average Bonchev–Trinajstić information content (AvgIpc) is 3.38. The molecule has 0 radical (unpaired) electrons. The monoisotopic (exact) mass is 355 g/mol. The molecule has 0 aromatic carbocycles. The van der Waals surface area contributed by atoms with E-state index in [1.54, 1.807) is 0 Å². The number of anilines is 2. The number of nitrogens with zero attached hydrogens (tertiary/aromatic N) is 4. The Kier molecular flexibility index (Phi) is 4.63. The van der Waals surface area contributed by atoms with Gasteiger partial charge in [-0.1, -0.05) is 0 Å². The van der Waals surface area contributed by atoms with Crippen molar-refractivity contribution in [2.24, 2.45) is 5.92 Å². The van der Waals surface area contributed by atoms with Crippen molar-refractivity contribution in [3.8, 4) is 0 Å². The molecular weight excluding hydrogens is 330 g/mol. The fraction of sp³-hybridized carbons (Fsp3) is 0.526. The highest BCUT2D eigenvalue weighted by molar-refractivity contribution is 5.94. The van der Waals surface area contributed by atoms with Gasteiger partial charge in [-0.05, 0) is 44.6 Å². The van der Waals surface area contributed by atoms with Gasteiger partial charge in [0.1, 0.15) is 0 Å². The lowest BCUT2D eigenvalue weighted by molar-refractivity contribution is 0.0698. The maximum Gasteiger partial charge on any atom is 0.337 e. The maximum absolute atomic E-state index is 11.4. The summed E-state index contributed by atoms with van der Waals surface area (Å²) in [6, 6.07) is 1.91. The summed E-state index contributed by atoms with van der Waals surface area (Å²) in [6.07, 6.45) is 10.0. The fourth-order valence-corrected chi connectivity index (χ4v) is 3.65. The third-order valence-corrected chi connectivity index (χ3v) is 5.38. The van der Waals surface area contributed by atoms with Crippen molar-refractivity contribution >= 4 is 17.3 Å². The summed E-state index contributed by atoms with van der Waals surface area (Å²) in [5.41, 5.74) is 2.40. The number of carboxylic acid groups (broad SMARTS) is 1. The zero-order valence-electron chi connectivity index (χ0n) is 15.1. The number of carboxylic acids is 1. The number of carbonyl (C=O) groups is 1. The minimum atomic E-state index is -0.969. The normalized spacial score (nSPS) is 18.8. The van der Waals surface area contributed by atoms with Crippen LogP contribution in [0, 0.1) is 12.8 Å². The van der Waals surface area contributed by atoms with E-state index >= 15 is 0 Å². The first-order chi connectivity index (χ1) is 12.6. The molecule has 0 unspecified atom stereocenters. The van der Waals surface area contributed by atoms with Crippen LogP contribution in [0.1, 0.15) is 47.8 Å². The zero-order chi connectivity index (χ0) is 18.1. The molecule has 1 aliphatic heterocycles. The van der Waals surface area contributed by atoms with E-state index in [0.29, 0.717) is 11.7 Å². The minimum absolute atomic E-state index is 0.209. The number of likely N-dealkylation sites (tertiary alicyclic amines) is 1. The second-order valence-corrected chi connectivity index (χ2v) is 7.43. The Hall–Kier alpha value is -2.41. The van der Waals surface area contributed by atoms with Crippen LogP contribution in [0.2, 0.25) is 0 Å². The van der Waals surface area contributed by atoms with Crippen LogP contribution in [0.25, 0.3) is 0 Å². The van der Waals surface area contributed by atoms with Gasteiger partial charge in [0.05, 0.1) is 34.9 Å². The van der Waals surface area contributed by atoms with E-state index in [0.717, 1.165) is 43.2 Å². The molecule has 26 heavy (non-hydrogen) atoms. The third kappa shape index (κ3) is 3.72. The SMILES string of the molecule is Cc1nn(C2CCN(CC3CC3)CC2)cc1Nc1cnccc1C(=O)O. The van der Waals surface area contributed by atoms with E-state index in [1.807, 2.05) is 17.8 Å². The molecule has 2 aliphatic rings. The summed E-state index contributed by atoms with van der Waals surface area (Å²) in [6.45, 7) is 5.47. The average molecular weight is 355 g/mol. The molecule has 0 atom stereocenters. The predicted octanol–water partition coefficient (Wildman–Crippen LogP) is 3.08. The number of aromatic carboxylic acids is 1. The van der Waals surface area contributed by atoms with Crippen molar-refractivity contribution in [1.29, 1.82) is 0 Å². The summed E-state index contributed by atoms with van der Waals surface area (Å²) in [5, 5.41) is 17.2. The molecule has 3 heterocycles. The van der Waals surface area contributed by atoms with Crippen molar-refractivity contribution in [3.05, 3.63) is 35.9 Å². The van der Waals surface area contributed by atoms with Gasteiger partial charge in [-0.2, -0.15) is 5.10 Å². The van der Waals surface area contributed by atoms with Crippen LogP contribution >= 0.6 is 0 Å². The van der Waals surface area contributed by atoms with Crippen molar-refractivity contribution < 1.29 is 9.90 Å². The molecule has 138 valence electrons. The highest BCUT2D eigenvalue weighted by atomic mass is 16.4. The van der Waals surface area contributed by atoms with Crippen LogP contribution in [0.4, 0.5) is 11.4 Å². The molecule has 1 aliphatic carbocycles. The Balaban J connectivity index is 1.44. The van der Waals surface area contributed by atoms with Gasteiger partial charge in [-0.3, -0.25) is 9.67 Å². The van der Waals surface area contributed by atoms with Gasteiger partial charge in [-0.15, -0.1) is 0 Å². The molecular formula is C19H25N5O2. The van der Waals surface area contributed by atoms with Crippen molar-refractivity contribution in [2.75, 3.05) is 25.0 Å². The number of hydrogen-bond donors (Lipinski definition) is 2. The molecule has 1 saturated carbocycles. The smallest absolute Gasteiger partial charge is 0.337 e. The number of aromatic nitrogens is 3. The van der Waals surface area contributed by atoms with Gasteiger partial charge >= 0.3 is 5.97 Å². The number of piperidine rings is 1. The first kappa shape index (κ1) is 17.0. The summed E-state index contributed by atoms with van der Waals surface area (Å²) in [5.74, 6) is -0.0276. The van der Waals surface area contributed by atoms with Crippen LogP contribution in [0.5, 0.6) is 0 Å². The highest BCUT2D eigenvalue weighted by Crippen LogP contribution is 2.32. The van der Waals surface area contributed by atoms with Crippen molar-refractivity contribution in [1.82, 2.24) is 19.7 Å². The van der Waals surface area contributed by atoms with Crippen LogP contribution in [0.15, 0.2) is 24.7 Å². The van der Waals surface area contributed by atoms with Gasteiger partial charge in [0.2, 0.25) is 0 Å². The van der Waals surface area contributed by atoms with E-state index in [1.165, 1.54) is 37.8 Å². The predicted molar refractivity (Wildman–Crippen MR) is 98.9 cm³/mol. The first-order valence-corrected chi connectivity index (χ1v) is 9.32. The summed E-state index contributed by atoms with van der Waals surface area (Å²) < 4.78 is 2.04. The minimum Gasteiger partial charge on any atom is -0.478 e.